The number of nitrogens with one attached hydrogen (secondary N) is 1. The molecule has 1 saturated heterocycles. The largest absolute Gasteiger partial charge is 0.485 e. The number of benzene rings is 1. The van der Waals surface area contributed by atoms with Crippen molar-refractivity contribution in [3.63, 3.8) is 0 Å². The molecule has 0 spiro atoms. The lowest BCUT2D eigenvalue weighted by molar-refractivity contribution is -0.0645. The van der Waals surface area contributed by atoms with Crippen molar-refractivity contribution in [3.05, 3.63) is 34.5 Å². The number of hydrogen-bond donors (Lipinski definition) is 2. The zero-order valence-electron chi connectivity index (χ0n) is 17.1. The number of aromatic nitrogens is 1. The molecule has 0 saturated carbocycles. The Labute approximate surface area is 172 Å². The van der Waals surface area contributed by atoms with E-state index < -0.39 is 11.7 Å². The zero-order chi connectivity index (χ0) is 20.1. The molecule has 3 atom stereocenters. The average molecular weight is 404 g/mol. The number of aliphatic hydroxyl groups is 1. The molecule has 1 unspecified atom stereocenters. The lowest BCUT2D eigenvalue weighted by Gasteiger charge is -2.42. The van der Waals surface area contributed by atoms with Crippen LogP contribution in [0.15, 0.2) is 18.2 Å². The van der Waals surface area contributed by atoms with Crippen LogP contribution in [0.1, 0.15) is 50.3 Å². The van der Waals surface area contributed by atoms with Crippen molar-refractivity contribution in [1.82, 2.24) is 15.2 Å². The monoisotopic (exact) mass is 403 g/mol. The molecule has 4 rings (SSSR count). The molecule has 2 aliphatic rings. The van der Waals surface area contributed by atoms with Crippen molar-refractivity contribution in [2.24, 2.45) is 0 Å². The summed E-state index contributed by atoms with van der Waals surface area (Å²) in [5.74, 6) is 0.811. The van der Waals surface area contributed by atoms with Crippen LogP contribution < -0.4 is 10.1 Å². The number of rotatable bonds is 4. The minimum atomic E-state index is -0.670. The van der Waals surface area contributed by atoms with Gasteiger partial charge in [0.25, 0.3) is 0 Å². The van der Waals surface area contributed by atoms with Gasteiger partial charge in [-0.3, -0.25) is 0 Å². The maximum absolute atomic E-state index is 11.0. The number of fused-ring (bicyclic) bond motifs is 2. The van der Waals surface area contributed by atoms with Crippen LogP contribution in [0.4, 0.5) is 0 Å². The number of aliphatic hydroxyl groups excluding tert-OH is 1. The smallest absolute Gasteiger partial charge is 0.131 e. The van der Waals surface area contributed by atoms with Crippen LogP contribution >= 0.6 is 11.6 Å². The van der Waals surface area contributed by atoms with Crippen LogP contribution in [0.3, 0.4) is 0 Å². The predicted molar refractivity (Wildman–Crippen MR) is 113 cm³/mol. The van der Waals surface area contributed by atoms with Gasteiger partial charge in [0.1, 0.15) is 22.6 Å². The van der Waals surface area contributed by atoms with Crippen LogP contribution in [0.5, 0.6) is 5.75 Å². The van der Waals surface area contributed by atoms with Crippen LogP contribution in [-0.4, -0.2) is 52.9 Å². The highest BCUT2D eigenvalue weighted by atomic mass is 35.5. The van der Waals surface area contributed by atoms with Gasteiger partial charge in [0.2, 0.25) is 0 Å². The lowest BCUT2D eigenvalue weighted by atomic mass is 9.85. The highest BCUT2D eigenvalue weighted by Gasteiger charge is 2.43. The van der Waals surface area contributed by atoms with E-state index in [0.717, 1.165) is 40.7 Å². The summed E-state index contributed by atoms with van der Waals surface area (Å²) in [5.41, 5.74) is 2.19. The molecule has 1 aromatic carbocycles. The Bertz CT molecular complexity index is 886. The molecule has 0 amide bonds. The third-order valence-electron chi connectivity index (χ3n) is 6.37. The fourth-order valence-corrected chi connectivity index (χ4v) is 4.87. The molecule has 1 fully saturated rings. The van der Waals surface area contributed by atoms with Crippen molar-refractivity contribution in [3.8, 4) is 5.75 Å². The molecule has 28 heavy (non-hydrogen) atoms. The summed E-state index contributed by atoms with van der Waals surface area (Å²) in [5, 5.41) is 16.1. The topological polar surface area (TPSA) is 57.6 Å². The van der Waals surface area contributed by atoms with E-state index in [1.807, 2.05) is 39.0 Å². The van der Waals surface area contributed by atoms with E-state index in [1.54, 1.807) is 0 Å². The highest BCUT2D eigenvalue weighted by Crippen LogP contribution is 2.42. The lowest BCUT2D eigenvalue weighted by Crippen LogP contribution is -2.52. The number of halogens is 1. The maximum Gasteiger partial charge on any atom is 0.131 e. The fraction of sp³-hybridized carbons (Fsp3) is 0.591. The van der Waals surface area contributed by atoms with Gasteiger partial charge < -0.3 is 20.1 Å². The van der Waals surface area contributed by atoms with Gasteiger partial charge in [-0.25, -0.2) is 4.98 Å². The normalized spacial score (nSPS) is 27.0. The van der Waals surface area contributed by atoms with Gasteiger partial charge in [0.15, 0.2) is 0 Å². The van der Waals surface area contributed by atoms with Gasteiger partial charge >= 0.3 is 0 Å². The Morgan fingerprint density at radius 1 is 1.36 bits per heavy atom. The van der Waals surface area contributed by atoms with E-state index in [9.17, 15) is 5.11 Å². The summed E-state index contributed by atoms with van der Waals surface area (Å²) in [6.45, 7) is 7.94. The number of hydrogen-bond acceptors (Lipinski definition) is 5. The van der Waals surface area contributed by atoms with E-state index in [4.69, 9.17) is 16.3 Å². The van der Waals surface area contributed by atoms with Crippen LogP contribution in [-0.2, 0) is 0 Å². The number of pyridine rings is 1. The second-order valence-corrected chi connectivity index (χ2v) is 9.20. The quantitative estimate of drug-likeness (QED) is 0.759. The SMILES string of the molecule is Cc1cc(Cl)nc2cc3c(cc12)OC(C)(C)[C@H](O)[C@H]3NCCC1CCCN1C. The predicted octanol–water partition coefficient (Wildman–Crippen LogP) is 3.84. The highest BCUT2D eigenvalue weighted by molar-refractivity contribution is 6.29. The molecule has 2 N–H and O–H groups in total. The molecule has 152 valence electrons. The number of likely N-dealkylation sites (tertiary alicyclic amines) is 1. The van der Waals surface area contributed by atoms with Crippen LogP contribution in [0.2, 0.25) is 5.15 Å². The van der Waals surface area contributed by atoms with Gasteiger partial charge in [-0.2, -0.15) is 0 Å². The molecule has 0 radical (unpaired) electrons. The minimum absolute atomic E-state index is 0.198. The number of ether oxygens (including phenoxy) is 1. The summed E-state index contributed by atoms with van der Waals surface area (Å²) in [4.78, 5) is 6.92. The van der Waals surface area contributed by atoms with Crippen molar-refractivity contribution >= 4 is 22.5 Å². The number of nitrogens with zero attached hydrogens (tertiary/aromatic N) is 2. The first kappa shape index (κ1) is 19.9. The molecule has 2 aliphatic heterocycles. The molecule has 2 aromatic rings. The summed E-state index contributed by atoms with van der Waals surface area (Å²) < 4.78 is 6.19. The van der Waals surface area contributed by atoms with Crippen molar-refractivity contribution in [2.45, 2.75) is 63.8 Å². The van der Waals surface area contributed by atoms with E-state index >= 15 is 0 Å². The van der Waals surface area contributed by atoms with Crippen molar-refractivity contribution in [2.75, 3.05) is 20.1 Å². The maximum atomic E-state index is 11.0. The minimum Gasteiger partial charge on any atom is -0.485 e. The van der Waals surface area contributed by atoms with Crippen LogP contribution in [0.25, 0.3) is 10.9 Å². The van der Waals surface area contributed by atoms with E-state index in [0.29, 0.717) is 11.2 Å². The van der Waals surface area contributed by atoms with E-state index in [-0.39, 0.29) is 6.04 Å². The molecular weight excluding hydrogens is 374 g/mol. The van der Waals surface area contributed by atoms with E-state index in [1.165, 1.54) is 19.4 Å². The van der Waals surface area contributed by atoms with E-state index in [2.05, 4.69) is 22.2 Å². The van der Waals surface area contributed by atoms with Gasteiger partial charge in [0.05, 0.1) is 11.6 Å². The first-order chi connectivity index (χ1) is 13.3. The van der Waals surface area contributed by atoms with Crippen molar-refractivity contribution in [1.29, 1.82) is 0 Å². The molecule has 3 heterocycles. The first-order valence-corrected chi connectivity index (χ1v) is 10.6. The molecule has 0 bridgehead atoms. The standard InChI is InChI=1S/C22H30ClN3O2/c1-13-10-19(23)25-17-11-16-18(12-15(13)17)28-22(2,3)21(27)20(16)24-8-7-14-6-5-9-26(14)4/h10-12,14,20-21,24,27H,5-9H2,1-4H3/t14?,20-,21+/m0/s1. The summed E-state index contributed by atoms with van der Waals surface area (Å²) in [6.07, 6.45) is 2.95. The summed E-state index contributed by atoms with van der Waals surface area (Å²) in [7, 11) is 2.20. The van der Waals surface area contributed by atoms with Crippen LogP contribution in [0, 0.1) is 6.92 Å². The molecule has 5 nitrogen and oxygen atoms in total. The molecular formula is C22H30ClN3O2. The second kappa shape index (κ2) is 7.45. The molecule has 0 aliphatic carbocycles. The van der Waals surface area contributed by atoms with Gasteiger partial charge in [-0.1, -0.05) is 11.6 Å². The first-order valence-electron chi connectivity index (χ1n) is 10.2. The Balaban J connectivity index is 1.65. The summed E-state index contributed by atoms with van der Waals surface area (Å²) in [6, 6.07) is 6.35. The van der Waals surface area contributed by atoms with Gasteiger partial charge in [-0.15, -0.1) is 0 Å². The average Bonchev–Trinajstić information content (AvgIpc) is 3.02. The fourth-order valence-electron chi connectivity index (χ4n) is 4.61. The third-order valence-corrected chi connectivity index (χ3v) is 6.56. The Hall–Kier alpha value is -1.40. The number of aryl methyl sites for hydroxylation is 1. The zero-order valence-corrected chi connectivity index (χ0v) is 17.9. The Morgan fingerprint density at radius 2 is 2.14 bits per heavy atom. The van der Waals surface area contributed by atoms with Gasteiger partial charge in [-0.05, 0) is 83.9 Å². The van der Waals surface area contributed by atoms with Crippen molar-refractivity contribution < 1.29 is 9.84 Å². The third kappa shape index (κ3) is 3.61. The molecule has 1 aromatic heterocycles. The Kier molecular flexibility index (Phi) is 5.29. The molecule has 6 heteroatoms. The second-order valence-electron chi connectivity index (χ2n) is 8.82. The Morgan fingerprint density at radius 3 is 2.86 bits per heavy atom. The summed E-state index contributed by atoms with van der Waals surface area (Å²) >= 11 is 6.18. The van der Waals surface area contributed by atoms with Gasteiger partial charge in [0, 0.05) is 17.0 Å².